The fourth-order valence-electron chi connectivity index (χ4n) is 1.92. The molecule has 0 aliphatic rings. The van der Waals surface area contributed by atoms with Crippen LogP contribution in [0.1, 0.15) is 40.0 Å². The molecule has 0 radical (unpaired) electrons. The molecule has 0 aliphatic carbocycles. The van der Waals surface area contributed by atoms with Crippen molar-refractivity contribution in [2.75, 3.05) is 18.4 Å². The summed E-state index contributed by atoms with van der Waals surface area (Å²) >= 11 is 0. The first-order valence-corrected chi connectivity index (χ1v) is 8.91. The molecule has 0 saturated carbocycles. The minimum atomic E-state index is -3.53. The first-order chi connectivity index (χ1) is 9.88. The first-order valence-electron chi connectivity index (χ1n) is 7.43. The zero-order valence-corrected chi connectivity index (χ0v) is 13.8. The van der Waals surface area contributed by atoms with Crippen LogP contribution in [0.3, 0.4) is 0 Å². The monoisotopic (exact) mass is 314 g/mol. The van der Waals surface area contributed by atoms with Crippen molar-refractivity contribution in [2.24, 2.45) is 0 Å². The van der Waals surface area contributed by atoms with Gasteiger partial charge in [0.05, 0.1) is 11.3 Å². The zero-order valence-electron chi connectivity index (χ0n) is 13.0. The molecule has 0 aliphatic heterocycles. The van der Waals surface area contributed by atoms with Gasteiger partial charge in [-0.25, -0.2) is 13.1 Å². The summed E-state index contributed by atoms with van der Waals surface area (Å²) in [5.41, 5.74) is -0.310. The molecular formula is C15H26N2O3S. The minimum absolute atomic E-state index is 0.216. The number of hydrogen-bond acceptors (Lipinski definition) is 4. The van der Waals surface area contributed by atoms with Gasteiger partial charge >= 0.3 is 0 Å². The summed E-state index contributed by atoms with van der Waals surface area (Å²) in [7, 11) is -3.53. The van der Waals surface area contributed by atoms with Crippen molar-refractivity contribution in [1.82, 2.24) is 4.72 Å². The van der Waals surface area contributed by atoms with E-state index in [9.17, 15) is 13.5 Å². The fourth-order valence-corrected chi connectivity index (χ4v) is 3.24. The molecule has 6 heteroatoms. The average molecular weight is 314 g/mol. The fraction of sp³-hybridized carbons (Fsp3) is 0.600. The third kappa shape index (κ3) is 4.98. The molecule has 5 nitrogen and oxygen atoms in total. The Balaban J connectivity index is 2.95. The maximum Gasteiger partial charge on any atom is 0.242 e. The Kier molecular flexibility index (Phi) is 6.64. The summed E-state index contributed by atoms with van der Waals surface area (Å²) in [6.07, 6.45) is 1.96. The Hall–Kier alpha value is -1.11. The van der Waals surface area contributed by atoms with Crippen LogP contribution < -0.4 is 10.0 Å². The van der Waals surface area contributed by atoms with E-state index < -0.39 is 15.6 Å². The quantitative estimate of drug-likeness (QED) is 0.654. The highest BCUT2D eigenvalue weighted by Gasteiger charge is 2.23. The minimum Gasteiger partial charge on any atom is -0.388 e. The van der Waals surface area contributed by atoms with Crippen LogP contribution in [0.25, 0.3) is 0 Å². The number of rotatable bonds is 9. The number of para-hydroxylation sites is 1. The van der Waals surface area contributed by atoms with Crippen LogP contribution in [-0.2, 0) is 10.0 Å². The number of hydrogen-bond donors (Lipinski definition) is 3. The van der Waals surface area contributed by atoms with Crippen molar-refractivity contribution < 1.29 is 13.5 Å². The van der Waals surface area contributed by atoms with Crippen molar-refractivity contribution in [3.05, 3.63) is 24.3 Å². The molecule has 3 N–H and O–H groups in total. The third-order valence-electron chi connectivity index (χ3n) is 3.64. The number of nitrogens with one attached hydrogen (secondary N) is 2. The molecule has 1 aromatic rings. The molecule has 0 spiro atoms. The van der Waals surface area contributed by atoms with Gasteiger partial charge in [-0.1, -0.05) is 32.9 Å². The maximum atomic E-state index is 12.3. The highest BCUT2D eigenvalue weighted by molar-refractivity contribution is 7.89. The van der Waals surface area contributed by atoms with Crippen LogP contribution in [0.5, 0.6) is 0 Å². The van der Waals surface area contributed by atoms with E-state index in [2.05, 4.69) is 10.0 Å². The average Bonchev–Trinajstić information content (AvgIpc) is 2.51. The lowest BCUT2D eigenvalue weighted by Crippen LogP contribution is -2.36. The Morgan fingerprint density at radius 3 is 2.33 bits per heavy atom. The third-order valence-corrected chi connectivity index (χ3v) is 5.16. The second kappa shape index (κ2) is 7.77. The standard InChI is InChI=1S/C15H26N2O3S/c1-4-11-17-21(19,20)14-10-8-7-9-13(14)16-12-15(18,5-2)6-3/h7-10,16-18H,4-6,11-12H2,1-3H3. The SMILES string of the molecule is CCCNS(=O)(=O)c1ccccc1NCC(O)(CC)CC. The molecule has 0 bridgehead atoms. The lowest BCUT2D eigenvalue weighted by atomic mass is 9.97. The summed E-state index contributed by atoms with van der Waals surface area (Å²) < 4.78 is 27.1. The maximum absolute atomic E-state index is 12.3. The molecule has 1 rings (SSSR count). The molecule has 1 aromatic carbocycles. The normalized spacial score (nSPS) is 12.4. The van der Waals surface area contributed by atoms with Crippen LogP contribution in [0.4, 0.5) is 5.69 Å². The van der Waals surface area contributed by atoms with Gasteiger partial charge < -0.3 is 10.4 Å². The van der Waals surface area contributed by atoms with Gasteiger partial charge in [0.2, 0.25) is 10.0 Å². The second-order valence-electron chi connectivity index (χ2n) is 5.18. The Labute approximate surface area is 127 Å². The van der Waals surface area contributed by atoms with Gasteiger partial charge in [0, 0.05) is 13.1 Å². The van der Waals surface area contributed by atoms with E-state index in [0.29, 0.717) is 31.6 Å². The van der Waals surface area contributed by atoms with E-state index in [1.807, 2.05) is 20.8 Å². The number of benzene rings is 1. The Bertz CT molecular complexity index is 540. The molecule has 0 fully saturated rings. The van der Waals surface area contributed by atoms with Crippen molar-refractivity contribution in [2.45, 2.75) is 50.5 Å². The van der Waals surface area contributed by atoms with E-state index in [1.54, 1.807) is 24.3 Å². The van der Waals surface area contributed by atoms with Crippen LogP contribution >= 0.6 is 0 Å². The van der Waals surface area contributed by atoms with Crippen molar-refractivity contribution in [1.29, 1.82) is 0 Å². The molecule has 120 valence electrons. The van der Waals surface area contributed by atoms with E-state index in [0.717, 1.165) is 6.42 Å². The molecule has 0 unspecified atom stereocenters. The summed E-state index contributed by atoms with van der Waals surface area (Å²) in [4.78, 5) is 0.216. The summed E-state index contributed by atoms with van der Waals surface area (Å²) in [6, 6.07) is 6.75. The lowest BCUT2D eigenvalue weighted by molar-refractivity contribution is 0.0456. The van der Waals surface area contributed by atoms with Crippen LogP contribution in [0.15, 0.2) is 29.2 Å². The van der Waals surface area contributed by atoms with Crippen LogP contribution in [-0.4, -0.2) is 32.2 Å². The summed E-state index contributed by atoms with van der Waals surface area (Å²) in [5.74, 6) is 0. The predicted octanol–water partition coefficient (Wildman–Crippen LogP) is 2.34. The van der Waals surface area contributed by atoms with Crippen LogP contribution in [0.2, 0.25) is 0 Å². The zero-order chi connectivity index (χ0) is 15.9. The van der Waals surface area contributed by atoms with Crippen LogP contribution in [0, 0.1) is 0 Å². The summed E-state index contributed by atoms with van der Waals surface area (Å²) in [6.45, 7) is 6.47. The number of sulfonamides is 1. The topological polar surface area (TPSA) is 78.4 Å². The smallest absolute Gasteiger partial charge is 0.242 e. The molecule has 21 heavy (non-hydrogen) atoms. The van der Waals surface area contributed by atoms with Crippen molar-refractivity contribution >= 4 is 15.7 Å². The predicted molar refractivity (Wildman–Crippen MR) is 85.9 cm³/mol. The number of aliphatic hydroxyl groups is 1. The van der Waals surface area contributed by atoms with Gasteiger partial charge in [-0.2, -0.15) is 0 Å². The van der Waals surface area contributed by atoms with Gasteiger partial charge in [-0.05, 0) is 31.4 Å². The van der Waals surface area contributed by atoms with Gasteiger partial charge in [0.15, 0.2) is 0 Å². The van der Waals surface area contributed by atoms with E-state index in [-0.39, 0.29) is 4.90 Å². The Morgan fingerprint density at radius 2 is 1.76 bits per heavy atom. The molecule has 0 atom stereocenters. The van der Waals surface area contributed by atoms with Gasteiger partial charge in [-0.3, -0.25) is 0 Å². The highest BCUT2D eigenvalue weighted by atomic mass is 32.2. The lowest BCUT2D eigenvalue weighted by Gasteiger charge is -2.26. The molecule has 0 amide bonds. The Morgan fingerprint density at radius 1 is 1.14 bits per heavy atom. The first kappa shape index (κ1) is 17.9. The molecule has 0 aromatic heterocycles. The van der Waals surface area contributed by atoms with Gasteiger partial charge in [-0.15, -0.1) is 0 Å². The second-order valence-corrected chi connectivity index (χ2v) is 6.91. The van der Waals surface area contributed by atoms with Crippen molar-refractivity contribution in [3.63, 3.8) is 0 Å². The van der Waals surface area contributed by atoms with Gasteiger partial charge in [0.25, 0.3) is 0 Å². The van der Waals surface area contributed by atoms with Gasteiger partial charge in [0.1, 0.15) is 4.90 Å². The highest BCUT2D eigenvalue weighted by Crippen LogP contribution is 2.23. The number of anilines is 1. The van der Waals surface area contributed by atoms with E-state index in [1.165, 1.54) is 0 Å². The summed E-state index contributed by atoms with van der Waals surface area (Å²) in [5, 5.41) is 13.4. The van der Waals surface area contributed by atoms with E-state index in [4.69, 9.17) is 0 Å². The molecule has 0 saturated heterocycles. The van der Waals surface area contributed by atoms with Crippen molar-refractivity contribution in [3.8, 4) is 0 Å². The largest absolute Gasteiger partial charge is 0.388 e. The van der Waals surface area contributed by atoms with E-state index >= 15 is 0 Å². The molecule has 0 heterocycles. The molecular weight excluding hydrogens is 288 g/mol.